The van der Waals surface area contributed by atoms with E-state index < -0.39 is 11.9 Å². The van der Waals surface area contributed by atoms with Gasteiger partial charge in [-0.15, -0.1) is 5.10 Å². The number of hydrogen-bond donors (Lipinski definition) is 2. The minimum atomic E-state index is -0.678. The van der Waals surface area contributed by atoms with Crippen LogP contribution in [0.3, 0.4) is 0 Å². The number of aromatic amines is 1. The summed E-state index contributed by atoms with van der Waals surface area (Å²) in [4.78, 5) is 12.8. The van der Waals surface area contributed by atoms with Crippen LogP contribution in [0.2, 0.25) is 0 Å². The maximum atomic E-state index is 12.8. The van der Waals surface area contributed by atoms with Gasteiger partial charge in [0, 0.05) is 10.0 Å². The Hall–Kier alpha value is -4.75. The van der Waals surface area contributed by atoms with Crippen molar-refractivity contribution in [2.45, 2.75) is 5.92 Å². The van der Waals surface area contributed by atoms with Gasteiger partial charge in [0.15, 0.2) is 11.5 Å². The predicted molar refractivity (Wildman–Crippen MR) is 142 cm³/mol. The van der Waals surface area contributed by atoms with E-state index in [0.717, 1.165) is 10.0 Å². The summed E-state index contributed by atoms with van der Waals surface area (Å²) in [6, 6.07) is 21.7. The number of H-pyrrole nitrogens is 1. The van der Waals surface area contributed by atoms with E-state index in [1.54, 1.807) is 42.5 Å². The highest BCUT2D eigenvalue weighted by atomic mass is 79.9. The number of carbonyl (C=O) groups excluding carboxylic acids is 1. The molecule has 38 heavy (non-hydrogen) atoms. The lowest BCUT2D eigenvalue weighted by atomic mass is 9.82. The third-order valence-electron chi connectivity index (χ3n) is 6.09. The van der Waals surface area contributed by atoms with Crippen LogP contribution < -0.4 is 24.7 Å². The number of methoxy groups -OCH3 is 2. The molecule has 1 aliphatic heterocycles. The summed E-state index contributed by atoms with van der Waals surface area (Å²) in [6.45, 7) is 0. The zero-order chi connectivity index (χ0) is 26.8. The van der Waals surface area contributed by atoms with Crippen LogP contribution in [-0.4, -0.2) is 30.4 Å². The minimum Gasteiger partial charge on any atom is -0.493 e. The quantitative estimate of drug-likeness (QED) is 0.235. The predicted octanol–water partition coefficient (Wildman–Crippen LogP) is 5.29. The van der Waals surface area contributed by atoms with Gasteiger partial charge in [-0.3, -0.25) is 5.10 Å². The Kier molecular flexibility index (Phi) is 6.77. The summed E-state index contributed by atoms with van der Waals surface area (Å²) < 4.78 is 23.5. The molecule has 1 aliphatic rings. The number of halogens is 1. The first-order valence-corrected chi connectivity index (χ1v) is 12.2. The highest BCUT2D eigenvalue weighted by Gasteiger charge is 2.37. The Bertz CT molecular complexity index is 1560. The van der Waals surface area contributed by atoms with Crippen molar-refractivity contribution < 1.29 is 23.7 Å². The summed E-state index contributed by atoms with van der Waals surface area (Å²) in [5.74, 6) is -0.475. The van der Waals surface area contributed by atoms with Crippen molar-refractivity contribution in [3.8, 4) is 40.5 Å². The van der Waals surface area contributed by atoms with Crippen molar-refractivity contribution in [3.05, 3.63) is 99.3 Å². The van der Waals surface area contributed by atoms with Gasteiger partial charge >= 0.3 is 5.97 Å². The Morgan fingerprint density at radius 2 is 1.74 bits per heavy atom. The van der Waals surface area contributed by atoms with Crippen LogP contribution in [0.25, 0.3) is 11.3 Å². The number of allylic oxidation sites excluding steroid dienone is 1. The Morgan fingerprint density at radius 1 is 1.08 bits per heavy atom. The Balaban J connectivity index is 1.65. The molecule has 2 heterocycles. The van der Waals surface area contributed by atoms with Crippen LogP contribution in [0.1, 0.15) is 27.4 Å². The summed E-state index contributed by atoms with van der Waals surface area (Å²) in [5, 5.41) is 17.4. The van der Waals surface area contributed by atoms with Gasteiger partial charge in [-0.1, -0.05) is 46.3 Å². The molecule has 0 radical (unpaired) electrons. The third-order valence-corrected chi connectivity index (χ3v) is 6.62. The number of hydrogen-bond acceptors (Lipinski definition) is 8. The molecule has 9 nitrogen and oxygen atoms in total. The molecule has 0 aliphatic carbocycles. The normalized spacial score (nSPS) is 14.2. The van der Waals surface area contributed by atoms with E-state index in [9.17, 15) is 10.1 Å². The summed E-state index contributed by atoms with van der Waals surface area (Å²) in [5.41, 5.74) is 9.42. The number of nitrogens with zero attached hydrogens (tertiary/aromatic N) is 2. The second kappa shape index (κ2) is 10.3. The van der Waals surface area contributed by atoms with Gasteiger partial charge < -0.3 is 24.7 Å². The van der Waals surface area contributed by atoms with Gasteiger partial charge in [-0.25, -0.2) is 4.79 Å². The van der Waals surface area contributed by atoms with E-state index in [0.29, 0.717) is 22.4 Å². The van der Waals surface area contributed by atoms with Gasteiger partial charge in [-0.05, 0) is 42.0 Å². The molecular formula is C28H21BrN4O5. The highest BCUT2D eigenvalue weighted by molar-refractivity contribution is 9.10. The molecule has 3 aromatic carbocycles. The van der Waals surface area contributed by atoms with Crippen molar-refractivity contribution in [1.29, 1.82) is 5.26 Å². The van der Waals surface area contributed by atoms with Crippen molar-refractivity contribution in [3.63, 3.8) is 0 Å². The molecule has 0 unspecified atom stereocenters. The molecule has 0 saturated heterocycles. The number of nitrogens with one attached hydrogen (secondary N) is 1. The van der Waals surface area contributed by atoms with Crippen molar-refractivity contribution in [2.24, 2.45) is 5.73 Å². The fraction of sp³-hybridized carbons (Fsp3) is 0.107. The molecule has 0 amide bonds. The van der Waals surface area contributed by atoms with Crippen LogP contribution in [-0.2, 0) is 0 Å². The van der Waals surface area contributed by atoms with Crippen LogP contribution in [0, 0.1) is 11.3 Å². The lowest BCUT2D eigenvalue weighted by Gasteiger charge is -2.25. The minimum absolute atomic E-state index is 0.0589. The lowest BCUT2D eigenvalue weighted by molar-refractivity contribution is 0.0724. The molecule has 3 N–H and O–H groups in total. The maximum absolute atomic E-state index is 12.8. The number of ether oxygens (including phenoxy) is 4. The second-order valence-electron chi connectivity index (χ2n) is 8.26. The standard InChI is InChI=1S/C28H21BrN4O5/c1-35-20-12-17(13-21(36-2)25(20)37-28(34)16-6-4-3-5-7-16)22-19(14-30)26(31)38-27-23(22)24(32-33-27)15-8-10-18(29)11-9-15/h3-13,22H,31H2,1-2H3,(H,32,33)/t22-/m1/s1. The molecular weight excluding hydrogens is 552 g/mol. The number of nitrogens with two attached hydrogens (primary N) is 1. The monoisotopic (exact) mass is 572 g/mol. The number of carbonyl (C=O) groups is 1. The average Bonchev–Trinajstić information content (AvgIpc) is 3.36. The summed E-state index contributed by atoms with van der Waals surface area (Å²) in [7, 11) is 2.91. The maximum Gasteiger partial charge on any atom is 0.343 e. The highest BCUT2D eigenvalue weighted by Crippen LogP contribution is 2.49. The van der Waals surface area contributed by atoms with Crippen LogP contribution >= 0.6 is 15.9 Å². The molecule has 10 heteroatoms. The van der Waals surface area contributed by atoms with E-state index in [-0.39, 0.29) is 34.6 Å². The first-order chi connectivity index (χ1) is 18.4. The van der Waals surface area contributed by atoms with Crippen molar-refractivity contribution >= 4 is 21.9 Å². The fourth-order valence-electron chi connectivity index (χ4n) is 4.31. The van der Waals surface area contributed by atoms with Crippen LogP contribution in [0.15, 0.2) is 82.7 Å². The molecule has 4 aromatic rings. The number of nitriles is 1. The SMILES string of the molecule is COc1cc([C@@H]2C(C#N)=C(N)Oc3n[nH]c(-c4ccc(Br)cc4)c32)cc(OC)c1OC(=O)c1ccccc1. The fourth-order valence-corrected chi connectivity index (χ4v) is 4.57. The average molecular weight is 573 g/mol. The van der Waals surface area contributed by atoms with Gasteiger partial charge in [0.05, 0.1) is 37.0 Å². The lowest BCUT2D eigenvalue weighted by Crippen LogP contribution is -2.21. The first kappa shape index (κ1) is 24.9. The van der Waals surface area contributed by atoms with Crippen LogP contribution in [0.5, 0.6) is 23.1 Å². The van der Waals surface area contributed by atoms with Crippen LogP contribution in [0.4, 0.5) is 0 Å². The van der Waals surface area contributed by atoms with Gasteiger partial charge in [0.25, 0.3) is 0 Å². The molecule has 0 fully saturated rings. The molecule has 190 valence electrons. The Morgan fingerprint density at radius 3 is 2.34 bits per heavy atom. The summed E-state index contributed by atoms with van der Waals surface area (Å²) in [6.07, 6.45) is 0. The number of fused-ring (bicyclic) bond motifs is 1. The molecule has 1 atom stereocenters. The molecule has 5 rings (SSSR count). The van der Waals surface area contributed by atoms with E-state index in [1.165, 1.54) is 14.2 Å². The number of benzene rings is 3. The number of rotatable bonds is 6. The number of esters is 1. The topological polar surface area (TPSA) is 132 Å². The largest absolute Gasteiger partial charge is 0.493 e. The Labute approximate surface area is 226 Å². The van der Waals surface area contributed by atoms with E-state index in [1.807, 2.05) is 24.3 Å². The van der Waals surface area contributed by atoms with E-state index >= 15 is 0 Å². The molecule has 0 spiro atoms. The van der Waals surface area contributed by atoms with E-state index in [2.05, 4.69) is 32.2 Å². The van der Waals surface area contributed by atoms with Gasteiger partial charge in [0.2, 0.25) is 17.5 Å². The van der Waals surface area contributed by atoms with Crippen molar-refractivity contribution in [1.82, 2.24) is 10.2 Å². The van der Waals surface area contributed by atoms with Gasteiger partial charge in [0.1, 0.15) is 11.6 Å². The second-order valence-corrected chi connectivity index (χ2v) is 9.17. The molecule has 0 bridgehead atoms. The molecule has 0 saturated carbocycles. The zero-order valence-electron chi connectivity index (χ0n) is 20.3. The smallest absolute Gasteiger partial charge is 0.343 e. The third kappa shape index (κ3) is 4.44. The van der Waals surface area contributed by atoms with Crippen molar-refractivity contribution in [2.75, 3.05) is 14.2 Å². The van der Waals surface area contributed by atoms with E-state index in [4.69, 9.17) is 24.7 Å². The first-order valence-electron chi connectivity index (χ1n) is 11.4. The molecule has 1 aromatic heterocycles. The summed E-state index contributed by atoms with van der Waals surface area (Å²) >= 11 is 3.45. The number of aromatic nitrogens is 2. The zero-order valence-corrected chi connectivity index (χ0v) is 21.9. The van der Waals surface area contributed by atoms with Gasteiger partial charge in [-0.2, -0.15) is 5.26 Å².